The number of alkyl halides is 2. The number of fused-ring (bicyclic) bond motifs is 1. The van der Waals surface area contributed by atoms with Gasteiger partial charge in [0.25, 0.3) is 12.2 Å². The summed E-state index contributed by atoms with van der Waals surface area (Å²) in [7, 11) is 1.67. The van der Waals surface area contributed by atoms with E-state index in [2.05, 4.69) is 26.0 Å². The lowest BCUT2D eigenvalue weighted by molar-refractivity contribution is 0.142. The molecule has 2 aromatic heterocycles. The van der Waals surface area contributed by atoms with E-state index in [4.69, 9.17) is 4.74 Å². The van der Waals surface area contributed by atoms with Gasteiger partial charge >= 0.3 is 0 Å². The molecule has 3 heterocycles. The highest BCUT2D eigenvalue weighted by Crippen LogP contribution is 2.30. The van der Waals surface area contributed by atoms with Gasteiger partial charge in [0.15, 0.2) is 0 Å². The van der Waals surface area contributed by atoms with Crippen molar-refractivity contribution in [2.24, 2.45) is 0 Å². The van der Waals surface area contributed by atoms with Gasteiger partial charge in [-0.15, -0.1) is 0 Å². The first kappa shape index (κ1) is 17.8. The fourth-order valence-corrected chi connectivity index (χ4v) is 3.73. The van der Waals surface area contributed by atoms with Gasteiger partial charge in [-0.1, -0.05) is 18.2 Å². The van der Waals surface area contributed by atoms with E-state index in [1.165, 1.54) is 12.4 Å². The van der Waals surface area contributed by atoms with E-state index in [1.807, 2.05) is 18.2 Å². The molecule has 3 aromatic rings. The van der Waals surface area contributed by atoms with Gasteiger partial charge in [0.1, 0.15) is 17.8 Å². The number of para-hydroxylation sites is 1. The third kappa shape index (κ3) is 3.62. The van der Waals surface area contributed by atoms with Gasteiger partial charge in [0.05, 0.1) is 12.8 Å². The molecule has 0 N–H and O–H groups in total. The van der Waals surface area contributed by atoms with Crippen LogP contribution in [0.2, 0.25) is 0 Å². The first-order valence-corrected chi connectivity index (χ1v) is 8.98. The van der Waals surface area contributed by atoms with Crippen LogP contribution in [0.15, 0.2) is 36.7 Å². The lowest BCUT2D eigenvalue weighted by Crippen LogP contribution is -2.34. The number of aromatic nitrogens is 4. The van der Waals surface area contributed by atoms with Crippen LogP contribution in [0.25, 0.3) is 5.78 Å². The Morgan fingerprint density at radius 3 is 2.96 bits per heavy atom. The zero-order valence-electron chi connectivity index (χ0n) is 15.1. The van der Waals surface area contributed by atoms with Gasteiger partial charge in [-0.25, -0.2) is 13.8 Å². The van der Waals surface area contributed by atoms with Gasteiger partial charge in [-0.3, -0.25) is 4.90 Å². The Balaban J connectivity index is 1.57. The molecule has 142 valence electrons. The molecule has 1 aliphatic rings. The van der Waals surface area contributed by atoms with E-state index < -0.39 is 6.43 Å². The second kappa shape index (κ2) is 7.56. The van der Waals surface area contributed by atoms with Crippen LogP contribution in [0, 0.1) is 0 Å². The van der Waals surface area contributed by atoms with Gasteiger partial charge in [-0.05, 0) is 31.5 Å². The normalized spacial score (nSPS) is 18.3. The Hall–Kier alpha value is -2.61. The summed E-state index contributed by atoms with van der Waals surface area (Å²) in [6, 6.07) is 9.42. The first-order valence-electron chi connectivity index (χ1n) is 8.98. The van der Waals surface area contributed by atoms with Gasteiger partial charge < -0.3 is 4.74 Å². The average molecular weight is 373 g/mol. The number of halogens is 2. The van der Waals surface area contributed by atoms with Crippen LogP contribution >= 0.6 is 0 Å². The molecule has 1 fully saturated rings. The number of hydrogen-bond donors (Lipinski definition) is 0. The minimum Gasteiger partial charge on any atom is -0.496 e. The molecule has 27 heavy (non-hydrogen) atoms. The molecule has 8 heteroatoms. The Morgan fingerprint density at radius 1 is 1.30 bits per heavy atom. The van der Waals surface area contributed by atoms with Crippen LogP contribution in [0.4, 0.5) is 8.78 Å². The Bertz CT molecular complexity index is 929. The Labute approximate surface area is 155 Å². The van der Waals surface area contributed by atoms with Crippen LogP contribution in [0.1, 0.15) is 42.1 Å². The van der Waals surface area contributed by atoms with E-state index in [9.17, 15) is 8.78 Å². The van der Waals surface area contributed by atoms with Crippen molar-refractivity contribution in [2.75, 3.05) is 20.2 Å². The highest BCUT2D eigenvalue weighted by Gasteiger charge is 2.26. The maximum absolute atomic E-state index is 13.4. The summed E-state index contributed by atoms with van der Waals surface area (Å²) in [6.07, 6.45) is 0.544. The number of nitrogens with zero attached hydrogens (tertiary/aromatic N) is 5. The highest BCUT2D eigenvalue weighted by molar-refractivity contribution is 5.34. The lowest BCUT2D eigenvalue weighted by atomic mass is 9.93. The number of rotatable bonds is 5. The van der Waals surface area contributed by atoms with Crippen LogP contribution in [-0.4, -0.2) is 44.7 Å². The van der Waals surface area contributed by atoms with Crippen molar-refractivity contribution in [1.29, 1.82) is 0 Å². The molecule has 0 radical (unpaired) electrons. The molecule has 0 saturated carbocycles. The largest absolute Gasteiger partial charge is 0.496 e. The van der Waals surface area contributed by atoms with Crippen LogP contribution in [0.5, 0.6) is 5.75 Å². The van der Waals surface area contributed by atoms with E-state index in [-0.39, 0.29) is 17.4 Å². The summed E-state index contributed by atoms with van der Waals surface area (Å²) < 4.78 is 33.4. The fourth-order valence-electron chi connectivity index (χ4n) is 3.73. The number of methoxy groups -OCH3 is 1. The van der Waals surface area contributed by atoms with Crippen molar-refractivity contribution in [3.05, 3.63) is 53.6 Å². The lowest BCUT2D eigenvalue weighted by Gasteiger charge is -2.32. The topological polar surface area (TPSA) is 55.6 Å². The number of piperidine rings is 1. The van der Waals surface area contributed by atoms with Crippen molar-refractivity contribution >= 4 is 5.78 Å². The fraction of sp³-hybridized carbons (Fsp3) is 0.421. The SMILES string of the molecule is COc1ccccc1CN1CCCC(c2cc(C(F)F)n3ncnc3n2)C1. The predicted molar refractivity (Wildman–Crippen MR) is 96.0 cm³/mol. The molecule has 1 atom stereocenters. The molecular formula is C19H21F2N5O. The van der Waals surface area contributed by atoms with E-state index in [0.29, 0.717) is 5.69 Å². The molecule has 6 nitrogen and oxygen atoms in total. The van der Waals surface area contributed by atoms with Crippen LogP contribution < -0.4 is 4.74 Å². The highest BCUT2D eigenvalue weighted by atomic mass is 19.3. The summed E-state index contributed by atoms with van der Waals surface area (Å²) in [6.45, 7) is 2.48. The maximum atomic E-state index is 13.4. The van der Waals surface area contributed by atoms with Crippen LogP contribution in [-0.2, 0) is 6.54 Å². The summed E-state index contributed by atoms with van der Waals surface area (Å²) in [5.74, 6) is 1.18. The molecule has 0 spiro atoms. The molecular weight excluding hydrogens is 352 g/mol. The molecule has 1 unspecified atom stereocenters. The van der Waals surface area contributed by atoms with Crippen molar-refractivity contribution in [1.82, 2.24) is 24.5 Å². The van der Waals surface area contributed by atoms with Gasteiger partial charge in [0, 0.05) is 24.6 Å². The molecule has 0 bridgehead atoms. The quantitative estimate of drug-likeness (QED) is 0.686. The van der Waals surface area contributed by atoms with Gasteiger partial charge in [-0.2, -0.15) is 14.6 Å². The third-order valence-corrected chi connectivity index (χ3v) is 5.03. The molecule has 0 aliphatic carbocycles. The monoisotopic (exact) mass is 373 g/mol. The number of hydrogen-bond acceptors (Lipinski definition) is 5. The molecule has 1 saturated heterocycles. The second-order valence-electron chi connectivity index (χ2n) is 6.76. The number of benzene rings is 1. The van der Waals surface area contributed by atoms with E-state index >= 15 is 0 Å². The molecule has 0 amide bonds. The van der Waals surface area contributed by atoms with Crippen molar-refractivity contribution in [3.8, 4) is 5.75 Å². The van der Waals surface area contributed by atoms with Crippen molar-refractivity contribution in [2.45, 2.75) is 31.7 Å². The molecule has 4 rings (SSSR count). The predicted octanol–water partition coefficient (Wildman–Crippen LogP) is 3.45. The van der Waals surface area contributed by atoms with Gasteiger partial charge in [0.2, 0.25) is 0 Å². The Kier molecular flexibility index (Phi) is 4.98. The minimum atomic E-state index is -2.62. The summed E-state index contributed by atoms with van der Waals surface area (Å²) >= 11 is 0. The van der Waals surface area contributed by atoms with Crippen molar-refractivity contribution in [3.63, 3.8) is 0 Å². The van der Waals surface area contributed by atoms with E-state index in [1.54, 1.807) is 7.11 Å². The summed E-state index contributed by atoms with van der Waals surface area (Å²) in [5, 5.41) is 3.85. The number of likely N-dealkylation sites (tertiary alicyclic amines) is 1. The zero-order chi connectivity index (χ0) is 18.8. The van der Waals surface area contributed by atoms with E-state index in [0.717, 1.165) is 48.3 Å². The number of ether oxygens (including phenoxy) is 1. The summed E-state index contributed by atoms with van der Waals surface area (Å²) in [4.78, 5) is 10.8. The maximum Gasteiger partial charge on any atom is 0.280 e. The first-order chi connectivity index (χ1) is 13.2. The standard InChI is InChI=1S/C19H21F2N5O/c1-27-17-7-3-2-5-14(17)11-25-8-4-6-13(10-25)15-9-16(18(20)21)26-19(24-15)22-12-23-26/h2-3,5,7,9,12-13,18H,4,6,8,10-11H2,1H3. The molecule has 1 aliphatic heterocycles. The molecule has 1 aromatic carbocycles. The van der Waals surface area contributed by atoms with Crippen LogP contribution in [0.3, 0.4) is 0 Å². The average Bonchev–Trinajstić information content (AvgIpc) is 3.16. The third-order valence-electron chi connectivity index (χ3n) is 5.03. The second-order valence-corrected chi connectivity index (χ2v) is 6.76. The summed E-state index contributed by atoms with van der Waals surface area (Å²) in [5.41, 5.74) is 1.62. The minimum absolute atomic E-state index is 0.0904. The Morgan fingerprint density at radius 2 is 2.15 bits per heavy atom. The van der Waals surface area contributed by atoms with Crippen molar-refractivity contribution < 1.29 is 13.5 Å². The zero-order valence-corrected chi connectivity index (χ0v) is 15.1. The smallest absolute Gasteiger partial charge is 0.280 e.